The highest BCUT2D eigenvalue weighted by Crippen LogP contribution is 2.19. The van der Waals surface area contributed by atoms with Crippen molar-refractivity contribution >= 4 is 0 Å². The van der Waals surface area contributed by atoms with E-state index >= 15 is 0 Å². The first kappa shape index (κ1) is 14.8. The van der Waals surface area contributed by atoms with Gasteiger partial charge in [0.15, 0.2) is 0 Å². The largest absolute Gasteiger partial charge is 0.384 e. The van der Waals surface area contributed by atoms with Crippen molar-refractivity contribution in [3.8, 4) is 0 Å². The van der Waals surface area contributed by atoms with Crippen molar-refractivity contribution in [3.05, 3.63) is 52.8 Å². The van der Waals surface area contributed by atoms with Gasteiger partial charge < -0.3 is 10.4 Å². The summed E-state index contributed by atoms with van der Waals surface area (Å²) in [5.74, 6) is 0. The molecule has 1 aromatic carbocycles. The molecule has 2 aromatic rings. The Balaban J connectivity index is 1.99. The molecule has 20 heavy (non-hydrogen) atoms. The Morgan fingerprint density at radius 3 is 2.50 bits per heavy atom. The topological polar surface area (TPSA) is 50.1 Å². The standard InChI is InChI=1S/C16H23N3O/c1-12-6-5-7-13(2)15(12)9-17-11-16(3,20)14-8-18-19(4)10-14/h5-8,10,17,20H,9,11H2,1-4H3. The molecule has 1 aromatic heterocycles. The number of aliphatic hydroxyl groups is 1. The van der Waals surface area contributed by atoms with Crippen LogP contribution in [0.5, 0.6) is 0 Å². The van der Waals surface area contributed by atoms with Gasteiger partial charge in [0.2, 0.25) is 0 Å². The number of aryl methyl sites for hydroxylation is 3. The van der Waals surface area contributed by atoms with E-state index in [-0.39, 0.29) is 0 Å². The van der Waals surface area contributed by atoms with E-state index in [2.05, 4.69) is 42.5 Å². The van der Waals surface area contributed by atoms with E-state index in [0.717, 1.165) is 12.1 Å². The molecule has 0 amide bonds. The summed E-state index contributed by atoms with van der Waals surface area (Å²) in [6.07, 6.45) is 3.56. The van der Waals surface area contributed by atoms with Crippen LogP contribution >= 0.6 is 0 Å². The molecule has 0 aliphatic heterocycles. The molecular formula is C16H23N3O. The van der Waals surface area contributed by atoms with E-state index in [1.165, 1.54) is 16.7 Å². The maximum Gasteiger partial charge on any atom is 0.102 e. The molecule has 4 heteroatoms. The van der Waals surface area contributed by atoms with Crippen LogP contribution in [0.1, 0.15) is 29.2 Å². The van der Waals surface area contributed by atoms with Crippen molar-refractivity contribution in [1.29, 1.82) is 0 Å². The number of nitrogens with zero attached hydrogens (tertiary/aromatic N) is 2. The zero-order valence-electron chi connectivity index (χ0n) is 12.6. The third-order valence-corrected chi connectivity index (χ3v) is 3.74. The third-order valence-electron chi connectivity index (χ3n) is 3.74. The van der Waals surface area contributed by atoms with Gasteiger partial charge in [-0.15, -0.1) is 0 Å². The van der Waals surface area contributed by atoms with Gasteiger partial charge in [0.25, 0.3) is 0 Å². The lowest BCUT2D eigenvalue weighted by molar-refractivity contribution is 0.0565. The maximum atomic E-state index is 10.5. The van der Waals surface area contributed by atoms with Crippen molar-refractivity contribution in [2.75, 3.05) is 6.54 Å². The van der Waals surface area contributed by atoms with Crippen molar-refractivity contribution < 1.29 is 5.11 Å². The number of nitrogens with one attached hydrogen (secondary N) is 1. The SMILES string of the molecule is Cc1cccc(C)c1CNCC(C)(O)c1cnn(C)c1. The number of rotatable bonds is 5. The number of aromatic nitrogens is 2. The van der Waals surface area contributed by atoms with E-state index < -0.39 is 5.60 Å². The lowest BCUT2D eigenvalue weighted by Crippen LogP contribution is -2.35. The van der Waals surface area contributed by atoms with Gasteiger partial charge in [0.1, 0.15) is 5.60 Å². The van der Waals surface area contributed by atoms with Crippen LogP contribution in [0.2, 0.25) is 0 Å². The van der Waals surface area contributed by atoms with E-state index in [9.17, 15) is 5.11 Å². The summed E-state index contributed by atoms with van der Waals surface area (Å²) in [7, 11) is 1.85. The van der Waals surface area contributed by atoms with Crippen molar-refractivity contribution in [3.63, 3.8) is 0 Å². The molecule has 0 radical (unpaired) electrons. The molecule has 108 valence electrons. The zero-order chi connectivity index (χ0) is 14.8. The summed E-state index contributed by atoms with van der Waals surface area (Å²) in [6.45, 7) is 7.29. The van der Waals surface area contributed by atoms with Crippen LogP contribution in [0.15, 0.2) is 30.6 Å². The summed E-state index contributed by atoms with van der Waals surface area (Å²) < 4.78 is 1.70. The van der Waals surface area contributed by atoms with E-state index in [0.29, 0.717) is 6.54 Å². The van der Waals surface area contributed by atoms with Crippen LogP contribution in [0, 0.1) is 13.8 Å². The Morgan fingerprint density at radius 2 is 1.95 bits per heavy atom. The molecule has 2 rings (SSSR count). The Labute approximate surface area is 120 Å². The number of benzene rings is 1. The molecule has 2 N–H and O–H groups in total. The first-order valence-corrected chi connectivity index (χ1v) is 6.87. The Kier molecular flexibility index (Phi) is 4.26. The summed E-state index contributed by atoms with van der Waals surface area (Å²) in [5.41, 5.74) is 3.77. The zero-order valence-corrected chi connectivity index (χ0v) is 12.6. The van der Waals surface area contributed by atoms with E-state index in [1.54, 1.807) is 10.9 Å². The second-order valence-electron chi connectivity index (χ2n) is 5.65. The fourth-order valence-electron chi connectivity index (χ4n) is 2.36. The normalized spacial score (nSPS) is 14.2. The molecule has 0 saturated heterocycles. The molecule has 0 fully saturated rings. The summed E-state index contributed by atoms with van der Waals surface area (Å²) in [6, 6.07) is 6.30. The van der Waals surface area contributed by atoms with Gasteiger partial charge in [-0.05, 0) is 37.5 Å². The van der Waals surface area contributed by atoms with Gasteiger partial charge >= 0.3 is 0 Å². The van der Waals surface area contributed by atoms with Crippen LogP contribution in [0.4, 0.5) is 0 Å². The molecule has 0 saturated carbocycles. The summed E-state index contributed by atoms with van der Waals surface area (Å²) in [5, 5.41) is 18.0. The monoisotopic (exact) mass is 273 g/mol. The smallest absolute Gasteiger partial charge is 0.102 e. The van der Waals surface area contributed by atoms with Crippen molar-refractivity contribution in [2.24, 2.45) is 7.05 Å². The van der Waals surface area contributed by atoms with Gasteiger partial charge in [0, 0.05) is 31.9 Å². The van der Waals surface area contributed by atoms with Gasteiger partial charge in [-0.1, -0.05) is 18.2 Å². The minimum atomic E-state index is -0.912. The second kappa shape index (κ2) is 5.77. The van der Waals surface area contributed by atoms with E-state index in [1.807, 2.05) is 20.2 Å². The fraction of sp³-hybridized carbons (Fsp3) is 0.438. The lowest BCUT2D eigenvalue weighted by Gasteiger charge is -2.23. The van der Waals surface area contributed by atoms with Crippen LogP contribution in [0.25, 0.3) is 0 Å². The van der Waals surface area contributed by atoms with Gasteiger partial charge in [0.05, 0.1) is 6.20 Å². The highest BCUT2D eigenvalue weighted by Gasteiger charge is 2.24. The quantitative estimate of drug-likeness (QED) is 0.876. The first-order chi connectivity index (χ1) is 9.40. The highest BCUT2D eigenvalue weighted by molar-refractivity contribution is 5.33. The predicted molar refractivity (Wildman–Crippen MR) is 80.4 cm³/mol. The molecule has 0 aliphatic carbocycles. The third kappa shape index (κ3) is 3.26. The molecule has 0 aliphatic rings. The minimum absolute atomic E-state index is 0.493. The van der Waals surface area contributed by atoms with Gasteiger partial charge in [-0.2, -0.15) is 5.10 Å². The fourth-order valence-corrected chi connectivity index (χ4v) is 2.36. The maximum absolute atomic E-state index is 10.5. The lowest BCUT2D eigenvalue weighted by atomic mass is 9.99. The molecule has 0 bridgehead atoms. The number of hydrogen-bond donors (Lipinski definition) is 2. The summed E-state index contributed by atoms with van der Waals surface area (Å²) in [4.78, 5) is 0. The Morgan fingerprint density at radius 1 is 1.30 bits per heavy atom. The van der Waals surface area contributed by atoms with Gasteiger partial charge in [-0.3, -0.25) is 4.68 Å². The summed E-state index contributed by atoms with van der Waals surface area (Å²) >= 11 is 0. The molecule has 1 unspecified atom stereocenters. The minimum Gasteiger partial charge on any atom is -0.384 e. The van der Waals surface area contributed by atoms with Crippen LogP contribution in [0.3, 0.4) is 0 Å². The van der Waals surface area contributed by atoms with Crippen LogP contribution in [-0.2, 0) is 19.2 Å². The van der Waals surface area contributed by atoms with Crippen LogP contribution < -0.4 is 5.32 Å². The van der Waals surface area contributed by atoms with E-state index in [4.69, 9.17) is 0 Å². The molecule has 4 nitrogen and oxygen atoms in total. The van der Waals surface area contributed by atoms with Crippen molar-refractivity contribution in [2.45, 2.75) is 32.9 Å². The number of hydrogen-bond acceptors (Lipinski definition) is 3. The molecule has 1 atom stereocenters. The van der Waals surface area contributed by atoms with Crippen LogP contribution in [-0.4, -0.2) is 21.4 Å². The highest BCUT2D eigenvalue weighted by atomic mass is 16.3. The Hall–Kier alpha value is -1.65. The van der Waals surface area contributed by atoms with Crippen molar-refractivity contribution in [1.82, 2.24) is 15.1 Å². The Bertz CT molecular complexity index is 567. The molecular weight excluding hydrogens is 250 g/mol. The first-order valence-electron chi connectivity index (χ1n) is 6.87. The average molecular weight is 273 g/mol. The second-order valence-corrected chi connectivity index (χ2v) is 5.65. The molecule has 1 heterocycles. The molecule has 0 spiro atoms. The van der Waals surface area contributed by atoms with Gasteiger partial charge in [-0.25, -0.2) is 0 Å². The average Bonchev–Trinajstić information content (AvgIpc) is 2.80. The predicted octanol–water partition coefficient (Wildman–Crippen LogP) is 2.03.